The minimum atomic E-state index is -0.0974. The van der Waals surface area contributed by atoms with Crippen molar-refractivity contribution in [2.45, 2.75) is 18.9 Å². The van der Waals surface area contributed by atoms with Crippen molar-refractivity contribution in [3.05, 3.63) is 0 Å². The van der Waals surface area contributed by atoms with Crippen LogP contribution >= 0.6 is 0 Å². The molecule has 1 saturated carbocycles. The zero-order valence-electron chi connectivity index (χ0n) is 9.90. The predicted octanol–water partition coefficient (Wildman–Crippen LogP) is 0.497. The van der Waals surface area contributed by atoms with Gasteiger partial charge in [0, 0.05) is 13.1 Å². The van der Waals surface area contributed by atoms with Crippen LogP contribution in [0.15, 0.2) is 0 Å². The summed E-state index contributed by atoms with van der Waals surface area (Å²) in [6, 6.07) is 0. The van der Waals surface area contributed by atoms with Gasteiger partial charge < -0.3 is 14.9 Å². The zero-order chi connectivity index (χ0) is 10.7. The number of nitrogens with zero attached hydrogens (tertiary/aromatic N) is 2. The normalized spacial score (nSPS) is 33.2. The smallest absolute Gasteiger partial charge is 0.0620 e. The minimum absolute atomic E-state index is 0.0974. The summed E-state index contributed by atoms with van der Waals surface area (Å²) >= 11 is 0. The Morgan fingerprint density at radius 1 is 0.929 bits per heavy atom. The van der Waals surface area contributed by atoms with Crippen LogP contribution in [0.1, 0.15) is 12.8 Å². The molecule has 0 aromatic carbocycles. The molecule has 1 N–H and O–H groups in total. The number of aliphatic hydroxyl groups is 1. The van der Waals surface area contributed by atoms with E-state index in [2.05, 4.69) is 38.0 Å². The van der Waals surface area contributed by atoms with Gasteiger partial charge in [-0.15, -0.1) is 0 Å². The summed E-state index contributed by atoms with van der Waals surface area (Å²) in [6.07, 6.45) is 2.26. The molecule has 1 unspecified atom stereocenters. The number of hydrogen-bond acceptors (Lipinski definition) is 3. The molecule has 0 radical (unpaired) electrons. The van der Waals surface area contributed by atoms with E-state index >= 15 is 0 Å². The van der Waals surface area contributed by atoms with Crippen molar-refractivity contribution in [1.82, 2.24) is 9.80 Å². The fourth-order valence-electron chi connectivity index (χ4n) is 2.49. The van der Waals surface area contributed by atoms with Crippen molar-refractivity contribution >= 4 is 0 Å². The Balaban J connectivity index is 2.38. The molecule has 0 heterocycles. The van der Waals surface area contributed by atoms with Crippen LogP contribution in [0.3, 0.4) is 0 Å². The van der Waals surface area contributed by atoms with Crippen LogP contribution in [0.4, 0.5) is 0 Å². The van der Waals surface area contributed by atoms with Gasteiger partial charge in [-0.25, -0.2) is 0 Å². The van der Waals surface area contributed by atoms with Crippen molar-refractivity contribution in [3.63, 3.8) is 0 Å². The van der Waals surface area contributed by atoms with Crippen LogP contribution in [-0.4, -0.2) is 62.3 Å². The van der Waals surface area contributed by atoms with Gasteiger partial charge in [-0.05, 0) is 52.9 Å². The summed E-state index contributed by atoms with van der Waals surface area (Å²) in [5, 5.41) is 10.1. The first kappa shape index (κ1) is 12.0. The molecule has 0 spiro atoms. The molecule has 84 valence electrons. The van der Waals surface area contributed by atoms with Gasteiger partial charge >= 0.3 is 0 Å². The van der Waals surface area contributed by atoms with Gasteiger partial charge in [-0.2, -0.15) is 0 Å². The second-order valence-electron chi connectivity index (χ2n) is 5.11. The van der Waals surface area contributed by atoms with Crippen LogP contribution in [0.25, 0.3) is 0 Å². The van der Waals surface area contributed by atoms with Gasteiger partial charge in [0.2, 0.25) is 0 Å². The molecular weight excluding hydrogens is 176 g/mol. The summed E-state index contributed by atoms with van der Waals surface area (Å²) in [6.45, 7) is 2.04. The van der Waals surface area contributed by atoms with Gasteiger partial charge in [0.05, 0.1) is 6.10 Å². The third-order valence-corrected chi connectivity index (χ3v) is 3.07. The van der Waals surface area contributed by atoms with Crippen LogP contribution in [-0.2, 0) is 0 Å². The molecule has 14 heavy (non-hydrogen) atoms. The number of hydrogen-bond donors (Lipinski definition) is 1. The van der Waals surface area contributed by atoms with Crippen LogP contribution in [0.5, 0.6) is 0 Å². The Morgan fingerprint density at radius 3 is 1.57 bits per heavy atom. The summed E-state index contributed by atoms with van der Waals surface area (Å²) < 4.78 is 0. The highest BCUT2D eigenvalue weighted by Crippen LogP contribution is 2.31. The number of rotatable bonds is 4. The van der Waals surface area contributed by atoms with Crippen molar-refractivity contribution in [1.29, 1.82) is 0 Å². The fourth-order valence-corrected chi connectivity index (χ4v) is 2.49. The molecule has 0 bridgehead atoms. The Hall–Kier alpha value is -0.120. The molecule has 0 aromatic heterocycles. The summed E-state index contributed by atoms with van der Waals surface area (Å²) in [5.74, 6) is 0.963. The van der Waals surface area contributed by atoms with E-state index in [-0.39, 0.29) is 6.10 Å². The second-order valence-corrected chi connectivity index (χ2v) is 5.11. The lowest BCUT2D eigenvalue weighted by Crippen LogP contribution is -2.33. The highest BCUT2D eigenvalue weighted by Gasteiger charge is 2.34. The highest BCUT2D eigenvalue weighted by molar-refractivity contribution is 4.86. The molecule has 3 heteroatoms. The molecule has 1 fully saturated rings. The van der Waals surface area contributed by atoms with Crippen molar-refractivity contribution in [2.24, 2.45) is 11.8 Å². The standard InChI is InChI=1S/C11H24N2O/c1-12(2)7-9-5-6-10(11(9)14)8-13(3)4/h9-11,14H,5-8H2,1-4H3/t9-,10+,11?. The maximum atomic E-state index is 10.1. The van der Waals surface area contributed by atoms with E-state index in [0.717, 1.165) is 13.1 Å². The van der Waals surface area contributed by atoms with Crippen LogP contribution in [0, 0.1) is 11.8 Å². The molecule has 3 atom stereocenters. The van der Waals surface area contributed by atoms with Crippen molar-refractivity contribution in [2.75, 3.05) is 41.3 Å². The fraction of sp³-hybridized carbons (Fsp3) is 1.00. The van der Waals surface area contributed by atoms with Gasteiger partial charge in [-0.1, -0.05) is 0 Å². The van der Waals surface area contributed by atoms with E-state index in [9.17, 15) is 5.11 Å². The quantitative estimate of drug-likeness (QED) is 0.716. The Morgan fingerprint density at radius 2 is 1.29 bits per heavy atom. The van der Waals surface area contributed by atoms with Crippen molar-refractivity contribution < 1.29 is 5.11 Å². The average Bonchev–Trinajstić information content (AvgIpc) is 2.34. The maximum Gasteiger partial charge on any atom is 0.0620 e. The molecular formula is C11H24N2O. The SMILES string of the molecule is CN(C)C[C@H]1CC[C@@H](CN(C)C)C1O. The molecule has 1 aliphatic carbocycles. The second kappa shape index (κ2) is 5.10. The maximum absolute atomic E-state index is 10.1. The average molecular weight is 200 g/mol. The Bertz CT molecular complexity index is 153. The Kier molecular flexibility index (Phi) is 4.35. The van der Waals surface area contributed by atoms with Crippen LogP contribution in [0.2, 0.25) is 0 Å². The molecule has 0 aliphatic heterocycles. The predicted molar refractivity (Wildman–Crippen MR) is 59.3 cm³/mol. The van der Waals surface area contributed by atoms with Crippen molar-refractivity contribution in [3.8, 4) is 0 Å². The van der Waals surface area contributed by atoms with E-state index in [4.69, 9.17) is 0 Å². The molecule has 0 saturated heterocycles. The van der Waals surface area contributed by atoms with E-state index < -0.39 is 0 Å². The monoisotopic (exact) mass is 200 g/mol. The lowest BCUT2D eigenvalue weighted by atomic mass is 10.0. The third-order valence-electron chi connectivity index (χ3n) is 3.07. The first-order valence-corrected chi connectivity index (χ1v) is 5.48. The summed E-state index contributed by atoms with van der Waals surface area (Å²) in [4.78, 5) is 4.35. The zero-order valence-corrected chi connectivity index (χ0v) is 9.90. The lowest BCUT2D eigenvalue weighted by molar-refractivity contribution is 0.0682. The van der Waals surface area contributed by atoms with E-state index in [1.807, 2.05) is 0 Å². The first-order valence-electron chi connectivity index (χ1n) is 5.48. The van der Waals surface area contributed by atoms with Crippen LogP contribution < -0.4 is 0 Å². The molecule has 1 aliphatic rings. The number of aliphatic hydroxyl groups excluding tert-OH is 1. The van der Waals surface area contributed by atoms with Gasteiger partial charge in [0.1, 0.15) is 0 Å². The minimum Gasteiger partial charge on any atom is -0.392 e. The van der Waals surface area contributed by atoms with Gasteiger partial charge in [0.25, 0.3) is 0 Å². The van der Waals surface area contributed by atoms with E-state index in [1.54, 1.807) is 0 Å². The molecule has 3 nitrogen and oxygen atoms in total. The highest BCUT2D eigenvalue weighted by atomic mass is 16.3. The topological polar surface area (TPSA) is 26.7 Å². The van der Waals surface area contributed by atoms with Gasteiger partial charge in [0.15, 0.2) is 0 Å². The lowest BCUT2D eigenvalue weighted by Gasteiger charge is -2.24. The van der Waals surface area contributed by atoms with E-state index in [0.29, 0.717) is 11.8 Å². The molecule has 0 amide bonds. The third kappa shape index (κ3) is 3.23. The summed E-state index contributed by atoms with van der Waals surface area (Å²) in [7, 11) is 8.30. The van der Waals surface area contributed by atoms with E-state index in [1.165, 1.54) is 12.8 Å². The first-order chi connectivity index (χ1) is 6.50. The molecule has 0 aromatic rings. The molecule has 1 rings (SSSR count). The largest absolute Gasteiger partial charge is 0.392 e. The summed E-state index contributed by atoms with van der Waals surface area (Å²) in [5.41, 5.74) is 0. The Labute approximate surface area is 87.7 Å². The van der Waals surface area contributed by atoms with Gasteiger partial charge in [-0.3, -0.25) is 0 Å².